The number of amides is 1. The molecule has 0 aliphatic heterocycles. The summed E-state index contributed by atoms with van der Waals surface area (Å²) in [6, 6.07) is 13.9. The highest BCUT2D eigenvalue weighted by Gasteiger charge is 2.15. The molecule has 0 radical (unpaired) electrons. The van der Waals surface area contributed by atoms with Gasteiger partial charge in [0.15, 0.2) is 6.10 Å². The lowest BCUT2D eigenvalue weighted by atomic mass is 9.87. The van der Waals surface area contributed by atoms with Crippen LogP contribution < -0.4 is 14.8 Å². The highest BCUT2D eigenvalue weighted by Crippen LogP contribution is 2.24. The van der Waals surface area contributed by atoms with Crippen molar-refractivity contribution in [2.75, 3.05) is 13.2 Å². The summed E-state index contributed by atoms with van der Waals surface area (Å²) in [5, 5.41) is 2.85. The van der Waals surface area contributed by atoms with E-state index in [2.05, 4.69) is 38.2 Å². The van der Waals surface area contributed by atoms with Crippen LogP contribution in [0.4, 0.5) is 0 Å². The number of benzene rings is 2. The average molecular weight is 370 g/mol. The fourth-order valence-corrected chi connectivity index (χ4v) is 2.58. The molecule has 0 spiro atoms. The summed E-state index contributed by atoms with van der Waals surface area (Å²) in [5.74, 6) is 1.35. The molecule has 1 amide bonds. The number of aryl methyl sites for hydroxylation is 2. The summed E-state index contributed by atoms with van der Waals surface area (Å²) in [5.41, 5.74) is 3.73. The first-order chi connectivity index (χ1) is 12.7. The number of carbonyl (C=O) groups excluding carboxylic acids is 1. The van der Waals surface area contributed by atoms with E-state index in [0.29, 0.717) is 18.9 Å². The summed E-state index contributed by atoms with van der Waals surface area (Å²) in [7, 11) is 0. The summed E-state index contributed by atoms with van der Waals surface area (Å²) in [6.45, 7) is 13.2. The SMILES string of the molecule is Cc1ccc(OC(C)C(=O)NCCOc2ccc(C(C)(C)C)cc2)cc1C. The standard InChI is InChI=1S/C23H31NO3/c1-16-7-10-21(15-17(16)2)27-18(3)22(25)24-13-14-26-20-11-8-19(9-12-20)23(4,5)6/h7-12,15,18H,13-14H2,1-6H3,(H,24,25). The maximum Gasteiger partial charge on any atom is 0.260 e. The van der Waals surface area contributed by atoms with Gasteiger partial charge >= 0.3 is 0 Å². The van der Waals surface area contributed by atoms with Crippen molar-refractivity contribution in [3.8, 4) is 11.5 Å². The summed E-state index contributed by atoms with van der Waals surface area (Å²) >= 11 is 0. The molecule has 2 aromatic carbocycles. The third-order valence-corrected chi connectivity index (χ3v) is 4.55. The molecule has 0 fully saturated rings. The van der Waals surface area contributed by atoms with Crippen LogP contribution in [0.3, 0.4) is 0 Å². The topological polar surface area (TPSA) is 47.6 Å². The van der Waals surface area contributed by atoms with E-state index in [9.17, 15) is 4.79 Å². The van der Waals surface area contributed by atoms with Crippen molar-refractivity contribution >= 4 is 5.91 Å². The minimum atomic E-state index is -0.557. The smallest absolute Gasteiger partial charge is 0.260 e. The van der Waals surface area contributed by atoms with Gasteiger partial charge < -0.3 is 14.8 Å². The van der Waals surface area contributed by atoms with Crippen LogP contribution >= 0.6 is 0 Å². The Balaban J connectivity index is 1.74. The van der Waals surface area contributed by atoms with E-state index in [1.165, 1.54) is 11.1 Å². The van der Waals surface area contributed by atoms with E-state index < -0.39 is 6.10 Å². The zero-order valence-corrected chi connectivity index (χ0v) is 17.3. The molecule has 2 aromatic rings. The van der Waals surface area contributed by atoms with Gasteiger partial charge in [0.25, 0.3) is 5.91 Å². The van der Waals surface area contributed by atoms with E-state index in [1.54, 1.807) is 6.92 Å². The Morgan fingerprint density at radius 3 is 2.22 bits per heavy atom. The number of hydrogen-bond acceptors (Lipinski definition) is 3. The Kier molecular flexibility index (Phi) is 6.89. The van der Waals surface area contributed by atoms with E-state index in [-0.39, 0.29) is 11.3 Å². The number of rotatable bonds is 7. The molecule has 0 saturated heterocycles. The maximum absolute atomic E-state index is 12.2. The molecular formula is C23H31NO3. The molecule has 0 aliphatic rings. The second-order valence-corrected chi connectivity index (χ2v) is 7.92. The first kappa shape index (κ1) is 20.8. The predicted molar refractivity (Wildman–Crippen MR) is 110 cm³/mol. The van der Waals surface area contributed by atoms with Gasteiger partial charge in [-0.05, 0) is 67.1 Å². The molecule has 1 unspecified atom stereocenters. The summed E-state index contributed by atoms with van der Waals surface area (Å²) in [6.07, 6.45) is -0.557. The van der Waals surface area contributed by atoms with Crippen LogP contribution in [-0.4, -0.2) is 25.2 Å². The normalized spacial score (nSPS) is 12.4. The molecule has 1 atom stereocenters. The molecule has 2 rings (SSSR count). The van der Waals surface area contributed by atoms with Crippen molar-refractivity contribution in [2.45, 2.75) is 53.1 Å². The van der Waals surface area contributed by atoms with E-state index in [4.69, 9.17) is 9.47 Å². The zero-order chi connectivity index (χ0) is 20.0. The van der Waals surface area contributed by atoms with Crippen LogP contribution in [0.5, 0.6) is 11.5 Å². The summed E-state index contributed by atoms with van der Waals surface area (Å²) < 4.78 is 11.4. The van der Waals surface area contributed by atoms with Gasteiger partial charge in [-0.2, -0.15) is 0 Å². The summed E-state index contributed by atoms with van der Waals surface area (Å²) in [4.78, 5) is 12.2. The molecule has 0 bridgehead atoms. The predicted octanol–water partition coefficient (Wildman–Crippen LogP) is 4.56. The minimum Gasteiger partial charge on any atom is -0.492 e. The van der Waals surface area contributed by atoms with Crippen molar-refractivity contribution in [3.05, 3.63) is 59.2 Å². The molecule has 4 nitrogen and oxygen atoms in total. The average Bonchev–Trinajstić information content (AvgIpc) is 2.61. The van der Waals surface area contributed by atoms with E-state index in [0.717, 1.165) is 11.3 Å². The van der Waals surface area contributed by atoms with Gasteiger partial charge in [-0.3, -0.25) is 4.79 Å². The van der Waals surface area contributed by atoms with Crippen LogP contribution in [-0.2, 0) is 10.2 Å². The highest BCUT2D eigenvalue weighted by atomic mass is 16.5. The van der Waals surface area contributed by atoms with Crippen LogP contribution in [0.2, 0.25) is 0 Å². The Labute approximate surface area is 162 Å². The van der Waals surface area contributed by atoms with Gasteiger partial charge in [0.2, 0.25) is 0 Å². The van der Waals surface area contributed by atoms with Crippen molar-refractivity contribution in [3.63, 3.8) is 0 Å². The Morgan fingerprint density at radius 1 is 1.00 bits per heavy atom. The van der Waals surface area contributed by atoms with Crippen LogP contribution in [0.25, 0.3) is 0 Å². The van der Waals surface area contributed by atoms with Crippen molar-refractivity contribution < 1.29 is 14.3 Å². The largest absolute Gasteiger partial charge is 0.492 e. The Hall–Kier alpha value is -2.49. The molecule has 0 aliphatic carbocycles. The van der Waals surface area contributed by atoms with Gasteiger partial charge in [-0.15, -0.1) is 0 Å². The zero-order valence-electron chi connectivity index (χ0n) is 17.3. The number of ether oxygens (including phenoxy) is 2. The molecule has 27 heavy (non-hydrogen) atoms. The molecule has 1 N–H and O–H groups in total. The van der Waals surface area contributed by atoms with Crippen LogP contribution in [0, 0.1) is 13.8 Å². The number of hydrogen-bond donors (Lipinski definition) is 1. The first-order valence-electron chi connectivity index (χ1n) is 9.42. The van der Waals surface area contributed by atoms with E-state index >= 15 is 0 Å². The lowest BCUT2D eigenvalue weighted by molar-refractivity contribution is -0.127. The molecule has 0 saturated carbocycles. The first-order valence-corrected chi connectivity index (χ1v) is 9.42. The van der Waals surface area contributed by atoms with Crippen LogP contribution in [0.15, 0.2) is 42.5 Å². The fraction of sp³-hybridized carbons (Fsp3) is 0.435. The molecule has 4 heteroatoms. The Morgan fingerprint density at radius 2 is 1.63 bits per heavy atom. The second-order valence-electron chi connectivity index (χ2n) is 7.92. The van der Waals surface area contributed by atoms with Gasteiger partial charge in [0.1, 0.15) is 18.1 Å². The van der Waals surface area contributed by atoms with Gasteiger partial charge in [-0.1, -0.05) is 39.0 Å². The lowest BCUT2D eigenvalue weighted by Gasteiger charge is -2.19. The number of carbonyl (C=O) groups is 1. The third-order valence-electron chi connectivity index (χ3n) is 4.55. The van der Waals surface area contributed by atoms with Gasteiger partial charge in [0, 0.05) is 0 Å². The van der Waals surface area contributed by atoms with E-state index in [1.807, 2.05) is 44.2 Å². The van der Waals surface area contributed by atoms with Crippen molar-refractivity contribution in [1.29, 1.82) is 0 Å². The molecule has 0 aromatic heterocycles. The third kappa shape index (κ3) is 6.31. The molecular weight excluding hydrogens is 338 g/mol. The molecule has 146 valence electrons. The number of nitrogens with one attached hydrogen (secondary N) is 1. The highest BCUT2D eigenvalue weighted by molar-refractivity contribution is 5.80. The van der Waals surface area contributed by atoms with Gasteiger partial charge in [-0.25, -0.2) is 0 Å². The maximum atomic E-state index is 12.2. The van der Waals surface area contributed by atoms with Crippen molar-refractivity contribution in [1.82, 2.24) is 5.32 Å². The second kappa shape index (κ2) is 8.94. The quantitative estimate of drug-likeness (QED) is 0.728. The lowest BCUT2D eigenvalue weighted by Crippen LogP contribution is -2.38. The monoisotopic (exact) mass is 369 g/mol. The Bertz CT molecular complexity index is 760. The fourth-order valence-electron chi connectivity index (χ4n) is 2.58. The minimum absolute atomic E-state index is 0.124. The van der Waals surface area contributed by atoms with Crippen molar-refractivity contribution in [2.24, 2.45) is 0 Å². The molecule has 0 heterocycles. The van der Waals surface area contributed by atoms with Crippen LogP contribution in [0.1, 0.15) is 44.4 Å². The van der Waals surface area contributed by atoms with Gasteiger partial charge in [0.05, 0.1) is 6.54 Å².